The largest absolute Gasteiger partial charge is 0.494 e. The van der Waals surface area contributed by atoms with Gasteiger partial charge in [-0.25, -0.2) is 0 Å². The molecule has 0 aromatic heterocycles. The normalized spacial score (nSPS) is 14.7. The van der Waals surface area contributed by atoms with Crippen LogP contribution in [-0.2, 0) is 6.42 Å². The minimum absolute atomic E-state index is 0.274. The van der Waals surface area contributed by atoms with Crippen LogP contribution in [-0.4, -0.2) is 37.9 Å². The summed E-state index contributed by atoms with van der Waals surface area (Å²) in [5.74, 6) is 1.16. The van der Waals surface area contributed by atoms with Crippen LogP contribution >= 0.6 is 0 Å². The van der Waals surface area contributed by atoms with Gasteiger partial charge in [-0.3, -0.25) is 4.79 Å². The van der Waals surface area contributed by atoms with E-state index in [0.717, 1.165) is 49.3 Å². The second-order valence-corrected chi connectivity index (χ2v) is 5.10. The Morgan fingerprint density at radius 1 is 1.28 bits per heavy atom. The molecular formula is C15H21NO2. The summed E-state index contributed by atoms with van der Waals surface area (Å²) in [7, 11) is 4.12. The van der Waals surface area contributed by atoms with Gasteiger partial charge in [0.05, 0.1) is 6.61 Å². The number of ether oxygens (including phenoxy) is 1. The number of benzene rings is 1. The molecule has 0 aliphatic heterocycles. The minimum atomic E-state index is 0.274. The van der Waals surface area contributed by atoms with Crippen molar-refractivity contribution in [3.63, 3.8) is 0 Å². The summed E-state index contributed by atoms with van der Waals surface area (Å²) in [6, 6.07) is 5.86. The summed E-state index contributed by atoms with van der Waals surface area (Å²) in [6.45, 7) is 1.76. The molecule has 1 aromatic carbocycles. The van der Waals surface area contributed by atoms with Gasteiger partial charge in [-0.05, 0) is 57.1 Å². The topological polar surface area (TPSA) is 29.5 Å². The Morgan fingerprint density at radius 2 is 2.11 bits per heavy atom. The lowest BCUT2D eigenvalue weighted by Gasteiger charge is -2.16. The van der Waals surface area contributed by atoms with Gasteiger partial charge in [0.25, 0.3) is 0 Å². The number of Topliss-reactive ketones (excluding diaryl/α,β-unsaturated/α-hetero) is 1. The fourth-order valence-corrected chi connectivity index (χ4v) is 2.28. The molecule has 0 unspecified atom stereocenters. The molecule has 1 aromatic rings. The third-order valence-corrected chi connectivity index (χ3v) is 3.25. The maximum atomic E-state index is 11.7. The zero-order valence-corrected chi connectivity index (χ0v) is 11.2. The van der Waals surface area contributed by atoms with Crippen LogP contribution < -0.4 is 4.74 Å². The second-order valence-electron chi connectivity index (χ2n) is 5.10. The molecule has 0 heterocycles. The van der Waals surface area contributed by atoms with Crippen LogP contribution in [0.5, 0.6) is 5.75 Å². The Labute approximate surface area is 109 Å². The number of rotatable bonds is 5. The van der Waals surface area contributed by atoms with Crippen LogP contribution in [0.25, 0.3) is 0 Å². The molecule has 2 rings (SSSR count). The highest BCUT2D eigenvalue weighted by molar-refractivity contribution is 5.98. The van der Waals surface area contributed by atoms with Gasteiger partial charge in [0.15, 0.2) is 5.78 Å². The Bertz CT molecular complexity index is 427. The van der Waals surface area contributed by atoms with Crippen LogP contribution in [0.1, 0.15) is 35.2 Å². The fourth-order valence-electron chi connectivity index (χ4n) is 2.28. The minimum Gasteiger partial charge on any atom is -0.494 e. The molecule has 3 nitrogen and oxygen atoms in total. The monoisotopic (exact) mass is 247 g/mol. The molecule has 0 bridgehead atoms. The van der Waals surface area contributed by atoms with E-state index in [9.17, 15) is 4.79 Å². The SMILES string of the molecule is CN(C)CCCOc1ccc2c(c1)CCCC2=O. The maximum Gasteiger partial charge on any atom is 0.163 e. The summed E-state index contributed by atoms with van der Waals surface area (Å²) in [5, 5.41) is 0. The maximum absolute atomic E-state index is 11.7. The molecule has 0 N–H and O–H groups in total. The van der Waals surface area contributed by atoms with Crippen molar-refractivity contribution in [2.75, 3.05) is 27.2 Å². The van der Waals surface area contributed by atoms with E-state index in [0.29, 0.717) is 6.42 Å². The number of aryl methyl sites for hydroxylation is 1. The third kappa shape index (κ3) is 3.33. The number of nitrogens with zero attached hydrogens (tertiary/aromatic N) is 1. The molecule has 0 atom stereocenters. The van der Waals surface area contributed by atoms with E-state index in [2.05, 4.69) is 19.0 Å². The average molecular weight is 247 g/mol. The Balaban J connectivity index is 1.92. The second kappa shape index (κ2) is 6.01. The molecule has 0 fully saturated rings. The molecule has 0 amide bonds. The zero-order chi connectivity index (χ0) is 13.0. The first kappa shape index (κ1) is 13.1. The fraction of sp³-hybridized carbons (Fsp3) is 0.533. The third-order valence-electron chi connectivity index (χ3n) is 3.25. The Hall–Kier alpha value is -1.35. The molecule has 0 radical (unpaired) electrons. The first-order valence-corrected chi connectivity index (χ1v) is 6.60. The average Bonchev–Trinajstić information content (AvgIpc) is 2.35. The van der Waals surface area contributed by atoms with Gasteiger partial charge in [0.1, 0.15) is 5.75 Å². The van der Waals surface area contributed by atoms with Crippen LogP contribution in [0.4, 0.5) is 0 Å². The van der Waals surface area contributed by atoms with E-state index >= 15 is 0 Å². The van der Waals surface area contributed by atoms with Crippen molar-refractivity contribution >= 4 is 5.78 Å². The van der Waals surface area contributed by atoms with Crippen molar-refractivity contribution in [3.05, 3.63) is 29.3 Å². The van der Waals surface area contributed by atoms with Gasteiger partial charge in [-0.15, -0.1) is 0 Å². The van der Waals surface area contributed by atoms with Crippen LogP contribution in [0.3, 0.4) is 0 Å². The molecule has 0 saturated heterocycles. The standard InChI is InChI=1S/C15H21NO2/c1-16(2)9-4-10-18-13-7-8-14-12(11-13)5-3-6-15(14)17/h7-8,11H,3-6,9-10H2,1-2H3. The smallest absolute Gasteiger partial charge is 0.163 e. The molecule has 0 spiro atoms. The Morgan fingerprint density at radius 3 is 2.89 bits per heavy atom. The summed E-state index contributed by atoms with van der Waals surface area (Å²) >= 11 is 0. The number of fused-ring (bicyclic) bond motifs is 1. The highest BCUT2D eigenvalue weighted by Gasteiger charge is 2.17. The van der Waals surface area contributed by atoms with E-state index in [1.54, 1.807) is 0 Å². The van der Waals surface area contributed by atoms with Gasteiger partial charge >= 0.3 is 0 Å². The zero-order valence-electron chi connectivity index (χ0n) is 11.2. The predicted octanol–water partition coefficient (Wildman–Crippen LogP) is 2.54. The number of ketones is 1. The van der Waals surface area contributed by atoms with Crippen molar-refractivity contribution in [2.24, 2.45) is 0 Å². The van der Waals surface area contributed by atoms with Gasteiger partial charge in [-0.2, -0.15) is 0 Å². The van der Waals surface area contributed by atoms with Gasteiger partial charge in [0.2, 0.25) is 0 Å². The predicted molar refractivity (Wildman–Crippen MR) is 72.4 cm³/mol. The summed E-state index contributed by atoms with van der Waals surface area (Å²) in [6.07, 6.45) is 3.67. The first-order chi connectivity index (χ1) is 8.66. The quantitative estimate of drug-likeness (QED) is 0.749. The number of carbonyl (C=O) groups excluding carboxylic acids is 1. The molecular weight excluding hydrogens is 226 g/mol. The first-order valence-electron chi connectivity index (χ1n) is 6.60. The van der Waals surface area contributed by atoms with E-state index in [1.165, 1.54) is 0 Å². The molecule has 3 heteroatoms. The van der Waals surface area contributed by atoms with Crippen molar-refractivity contribution in [1.29, 1.82) is 0 Å². The number of carbonyl (C=O) groups is 1. The number of hydrogen-bond acceptors (Lipinski definition) is 3. The van der Waals surface area contributed by atoms with E-state index < -0.39 is 0 Å². The Kier molecular flexibility index (Phi) is 4.37. The lowest BCUT2D eigenvalue weighted by atomic mass is 9.90. The lowest BCUT2D eigenvalue weighted by Crippen LogP contribution is -2.15. The molecule has 0 saturated carbocycles. The lowest BCUT2D eigenvalue weighted by molar-refractivity contribution is 0.0972. The molecule has 98 valence electrons. The molecule has 18 heavy (non-hydrogen) atoms. The van der Waals surface area contributed by atoms with Crippen molar-refractivity contribution < 1.29 is 9.53 Å². The summed E-state index contributed by atoms with van der Waals surface area (Å²) in [5.41, 5.74) is 2.04. The van der Waals surface area contributed by atoms with Crippen molar-refractivity contribution in [1.82, 2.24) is 4.90 Å². The van der Waals surface area contributed by atoms with Crippen molar-refractivity contribution in [3.8, 4) is 5.75 Å². The van der Waals surface area contributed by atoms with E-state index in [1.807, 2.05) is 18.2 Å². The van der Waals surface area contributed by atoms with Crippen molar-refractivity contribution in [2.45, 2.75) is 25.7 Å². The van der Waals surface area contributed by atoms with Gasteiger partial charge < -0.3 is 9.64 Å². The van der Waals surface area contributed by atoms with Crippen LogP contribution in [0, 0.1) is 0 Å². The summed E-state index contributed by atoms with van der Waals surface area (Å²) in [4.78, 5) is 13.8. The van der Waals surface area contributed by atoms with E-state index in [-0.39, 0.29) is 5.78 Å². The molecule has 1 aliphatic carbocycles. The van der Waals surface area contributed by atoms with E-state index in [4.69, 9.17) is 4.74 Å². The molecule has 1 aliphatic rings. The van der Waals surface area contributed by atoms with Gasteiger partial charge in [-0.1, -0.05) is 0 Å². The highest BCUT2D eigenvalue weighted by atomic mass is 16.5. The van der Waals surface area contributed by atoms with Gasteiger partial charge in [0, 0.05) is 18.5 Å². The van der Waals surface area contributed by atoms with Crippen LogP contribution in [0.2, 0.25) is 0 Å². The van der Waals surface area contributed by atoms with Crippen LogP contribution in [0.15, 0.2) is 18.2 Å². The number of hydrogen-bond donors (Lipinski definition) is 0. The highest BCUT2D eigenvalue weighted by Crippen LogP contribution is 2.25. The summed E-state index contributed by atoms with van der Waals surface area (Å²) < 4.78 is 5.72.